The maximum atomic E-state index is 9.42. The fourth-order valence-corrected chi connectivity index (χ4v) is 2.98. The summed E-state index contributed by atoms with van der Waals surface area (Å²) in [6.45, 7) is 7.91. The molecule has 0 fully saturated rings. The van der Waals surface area contributed by atoms with Crippen LogP contribution in [0.3, 0.4) is 0 Å². The molecular weight excluding hydrogens is 376 g/mol. The van der Waals surface area contributed by atoms with Crippen LogP contribution in [0, 0.1) is 16.9 Å². The van der Waals surface area contributed by atoms with Crippen LogP contribution in [-0.2, 0) is 0 Å². The number of ether oxygens (including phenoxy) is 1. The molecular formula is C23H24N6O. The van der Waals surface area contributed by atoms with Gasteiger partial charge >= 0.3 is 0 Å². The molecule has 0 aliphatic carbocycles. The molecule has 2 aromatic carbocycles. The Balaban J connectivity index is 1.88. The van der Waals surface area contributed by atoms with E-state index in [1.165, 1.54) is 0 Å². The van der Waals surface area contributed by atoms with Crippen LogP contribution in [0.15, 0.2) is 53.9 Å². The number of anilines is 1. The van der Waals surface area contributed by atoms with Gasteiger partial charge in [-0.05, 0) is 63.6 Å². The zero-order valence-electron chi connectivity index (χ0n) is 17.5. The molecule has 0 radical (unpaired) electrons. The second-order valence-electron chi connectivity index (χ2n) is 7.43. The molecule has 0 spiro atoms. The largest absolute Gasteiger partial charge is 0.490 e. The van der Waals surface area contributed by atoms with Crippen molar-refractivity contribution in [3.8, 4) is 34.3 Å². The third kappa shape index (κ3) is 4.78. The standard InChI is InChI=1S/C23H24N6O/c1-14(2)28-20-7-5-16(10-21(20)29-25)19-12-26-23(27-13-19)17-6-8-22(30-15(3)4)18(9-17)11-24/h5-10,12-15,25,28H,1-4H3. The average molecular weight is 400 g/mol. The van der Waals surface area contributed by atoms with Gasteiger partial charge < -0.3 is 10.1 Å². The molecule has 1 heterocycles. The first-order valence-corrected chi connectivity index (χ1v) is 9.73. The summed E-state index contributed by atoms with van der Waals surface area (Å²) < 4.78 is 5.67. The Morgan fingerprint density at radius 3 is 2.30 bits per heavy atom. The Morgan fingerprint density at radius 2 is 1.70 bits per heavy atom. The van der Waals surface area contributed by atoms with Crippen LogP contribution in [0.25, 0.3) is 22.5 Å². The lowest BCUT2D eigenvalue weighted by atomic mass is 10.1. The number of hydrogen-bond donors (Lipinski definition) is 2. The molecule has 7 heteroatoms. The van der Waals surface area contributed by atoms with E-state index in [-0.39, 0.29) is 12.1 Å². The van der Waals surface area contributed by atoms with Gasteiger partial charge in [-0.3, -0.25) is 0 Å². The molecule has 7 nitrogen and oxygen atoms in total. The van der Waals surface area contributed by atoms with Crippen molar-refractivity contribution in [1.29, 1.82) is 10.8 Å². The number of hydrogen-bond acceptors (Lipinski definition) is 7. The minimum Gasteiger partial charge on any atom is -0.490 e. The van der Waals surface area contributed by atoms with Crippen LogP contribution < -0.4 is 10.1 Å². The molecule has 0 aliphatic heterocycles. The van der Waals surface area contributed by atoms with Gasteiger partial charge in [0.2, 0.25) is 0 Å². The summed E-state index contributed by atoms with van der Waals surface area (Å²) in [5.41, 5.74) is 11.7. The summed E-state index contributed by atoms with van der Waals surface area (Å²) in [5.74, 6) is 1.07. The van der Waals surface area contributed by atoms with Crippen LogP contribution in [0.2, 0.25) is 0 Å². The van der Waals surface area contributed by atoms with Crippen molar-refractivity contribution >= 4 is 11.4 Å². The number of rotatable bonds is 7. The molecule has 0 bridgehead atoms. The van der Waals surface area contributed by atoms with Crippen LogP contribution in [-0.4, -0.2) is 22.1 Å². The van der Waals surface area contributed by atoms with Gasteiger partial charge in [0.05, 0.1) is 17.4 Å². The number of benzene rings is 2. The molecule has 0 aliphatic rings. The van der Waals surface area contributed by atoms with Crippen LogP contribution in [0.1, 0.15) is 33.3 Å². The highest BCUT2D eigenvalue weighted by molar-refractivity contribution is 5.75. The van der Waals surface area contributed by atoms with Crippen molar-refractivity contribution in [2.45, 2.75) is 39.8 Å². The summed E-state index contributed by atoms with van der Waals surface area (Å²) in [7, 11) is 0. The third-order valence-corrected chi connectivity index (χ3v) is 4.27. The number of nitrogens with zero attached hydrogens (tertiary/aromatic N) is 4. The van der Waals surface area contributed by atoms with Crippen molar-refractivity contribution in [3.63, 3.8) is 0 Å². The van der Waals surface area contributed by atoms with Crippen molar-refractivity contribution in [3.05, 3.63) is 54.4 Å². The van der Waals surface area contributed by atoms with E-state index in [1.807, 2.05) is 52.0 Å². The van der Waals surface area contributed by atoms with Gasteiger partial charge in [-0.15, -0.1) is 0 Å². The topological polar surface area (TPSA) is 107 Å². The molecule has 0 atom stereocenters. The highest BCUT2D eigenvalue weighted by Crippen LogP contribution is 2.32. The van der Waals surface area contributed by atoms with Gasteiger partial charge in [-0.25, -0.2) is 15.5 Å². The highest BCUT2D eigenvalue weighted by Gasteiger charge is 2.11. The van der Waals surface area contributed by atoms with Crippen molar-refractivity contribution in [1.82, 2.24) is 9.97 Å². The van der Waals surface area contributed by atoms with Crippen LogP contribution in [0.5, 0.6) is 5.75 Å². The zero-order chi connectivity index (χ0) is 21.7. The number of aromatic nitrogens is 2. The normalized spacial score (nSPS) is 10.7. The SMILES string of the molecule is CC(C)Nc1ccc(-c2cnc(-c3ccc(OC(C)C)c(C#N)c3)nc2)cc1N=N. The fourth-order valence-electron chi connectivity index (χ4n) is 2.98. The summed E-state index contributed by atoms with van der Waals surface area (Å²) in [5, 5.41) is 16.3. The molecule has 152 valence electrons. The molecule has 3 rings (SSSR count). The Morgan fingerprint density at radius 1 is 1.00 bits per heavy atom. The zero-order valence-corrected chi connectivity index (χ0v) is 17.5. The van der Waals surface area contributed by atoms with Crippen molar-refractivity contribution in [2.24, 2.45) is 5.11 Å². The molecule has 30 heavy (non-hydrogen) atoms. The second-order valence-corrected chi connectivity index (χ2v) is 7.43. The summed E-state index contributed by atoms with van der Waals surface area (Å²) in [6.07, 6.45) is 3.44. The quantitative estimate of drug-likeness (QED) is 0.476. The maximum absolute atomic E-state index is 9.42. The minimum absolute atomic E-state index is 0.0130. The minimum atomic E-state index is -0.0130. The molecule has 2 N–H and O–H groups in total. The Labute approximate surface area is 176 Å². The Hall–Kier alpha value is -3.79. The van der Waals surface area contributed by atoms with Gasteiger partial charge in [-0.2, -0.15) is 10.4 Å². The van der Waals surface area contributed by atoms with E-state index in [0.29, 0.717) is 22.8 Å². The molecule has 0 unspecified atom stereocenters. The first-order valence-electron chi connectivity index (χ1n) is 9.73. The average Bonchev–Trinajstić information content (AvgIpc) is 2.73. The van der Waals surface area contributed by atoms with E-state index < -0.39 is 0 Å². The van der Waals surface area contributed by atoms with Gasteiger partial charge in [-0.1, -0.05) is 6.07 Å². The fraction of sp³-hybridized carbons (Fsp3) is 0.261. The summed E-state index contributed by atoms with van der Waals surface area (Å²) in [6, 6.07) is 13.4. The smallest absolute Gasteiger partial charge is 0.159 e. The van der Waals surface area contributed by atoms with Crippen LogP contribution in [0.4, 0.5) is 11.4 Å². The molecule has 0 saturated carbocycles. The Bertz CT molecular complexity index is 1080. The van der Waals surface area contributed by atoms with Gasteiger partial charge in [0, 0.05) is 29.6 Å². The predicted molar refractivity (Wildman–Crippen MR) is 117 cm³/mol. The highest BCUT2D eigenvalue weighted by atomic mass is 16.5. The van der Waals surface area contributed by atoms with E-state index in [1.54, 1.807) is 24.5 Å². The first kappa shape index (κ1) is 20.9. The molecule has 0 saturated heterocycles. The maximum Gasteiger partial charge on any atom is 0.159 e. The number of nitriles is 1. The first-order chi connectivity index (χ1) is 14.4. The van der Waals surface area contributed by atoms with Crippen molar-refractivity contribution in [2.75, 3.05) is 5.32 Å². The lowest BCUT2D eigenvalue weighted by Crippen LogP contribution is -2.09. The van der Waals surface area contributed by atoms with Crippen molar-refractivity contribution < 1.29 is 4.74 Å². The lowest BCUT2D eigenvalue weighted by molar-refractivity contribution is 0.242. The van der Waals surface area contributed by atoms with E-state index >= 15 is 0 Å². The molecule has 3 aromatic rings. The second kappa shape index (κ2) is 9.14. The van der Waals surface area contributed by atoms with E-state index in [2.05, 4.69) is 26.5 Å². The third-order valence-electron chi connectivity index (χ3n) is 4.27. The lowest BCUT2D eigenvalue weighted by Gasteiger charge is -2.13. The van der Waals surface area contributed by atoms with Gasteiger partial charge in [0.15, 0.2) is 5.82 Å². The van der Waals surface area contributed by atoms with Gasteiger partial charge in [0.1, 0.15) is 17.5 Å². The monoisotopic (exact) mass is 400 g/mol. The van der Waals surface area contributed by atoms with Gasteiger partial charge in [0.25, 0.3) is 0 Å². The Kier molecular flexibility index (Phi) is 6.38. The van der Waals surface area contributed by atoms with Crippen LogP contribution >= 0.6 is 0 Å². The predicted octanol–water partition coefficient (Wildman–Crippen LogP) is 5.95. The number of nitrogens with one attached hydrogen (secondary N) is 2. The van der Waals surface area contributed by atoms with E-state index in [4.69, 9.17) is 10.3 Å². The summed E-state index contributed by atoms with van der Waals surface area (Å²) in [4.78, 5) is 8.93. The van der Waals surface area contributed by atoms with E-state index in [0.717, 1.165) is 22.4 Å². The molecule has 1 aromatic heterocycles. The summed E-state index contributed by atoms with van der Waals surface area (Å²) >= 11 is 0. The van der Waals surface area contributed by atoms with E-state index in [9.17, 15) is 5.26 Å². The molecule has 0 amide bonds.